The molecule has 0 radical (unpaired) electrons. The van der Waals surface area contributed by atoms with Gasteiger partial charge in [0.05, 0.1) is 0 Å². The summed E-state index contributed by atoms with van der Waals surface area (Å²) in [6.45, 7) is 9.05. The third-order valence-corrected chi connectivity index (χ3v) is 4.19. The largest absolute Gasteiger partial charge is 0.371 e. The summed E-state index contributed by atoms with van der Waals surface area (Å²) >= 11 is 1.95. The first-order valence-corrected chi connectivity index (χ1v) is 8.08. The highest BCUT2D eigenvalue weighted by atomic mass is 32.2. The molecule has 0 bridgehead atoms. The van der Waals surface area contributed by atoms with E-state index in [2.05, 4.69) is 27.7 Å². The molecule has 0 aliphatic carbocycles. The van der Waals surface area contributed by atoms with Crippen LogP contribution in [0.3, 0.4) is 0 Å². The first-order chi connectivity index (χ1) is 7.99. The summed E-state index contributed by atoms with van der Waals surface area (Å²) in [6, 6.07) is 0. The van der Waals surface area contributed by atoms with Gasteiger partial charge in [-0.15, -0.1) is 11.8 Å². The van der Waals surface area contributed by atoms with Crippen molar-refractivity contribution < 1.29 is 4.74 Å². The molecular formula is C15H32OS. The van der Waals surface area contributed by atoms with Crippen molar-refractivity contribution in [2.75, 3.05) is 7.11 Å². The van der Waals surface area contributed by atoms with E-state index >= 15 is 0 Å². The van der Waals surface area contributed by atoms with Crippen molar-refractivity contribution in [1.82, 2.24) is 0 Å². The number of thioether (sulfide) groups is 1. The Balaban J connectivity index is 3.44. The Bertz CT molecular complexity index is 163. The molecule has 0 aliphatic rings. The van der Waals surface area contributed by atoms with Crippen LogP contribution in [-0.4, -0.2) is 17.3 Å². The van der Waals surface area contributed by atoms with Crippen LogP contribution < -0.4 is 0 Å². The minimum atomic E-state index is 0.307. The van der Waals surface area contributed by atoms with Crippen molar-refractivity contribution in [2.24, 2.45) is 0 Å². The van der Waals surface area contributed by atoms with Gasteiger partial charge < -0.3 is 4.74 Å². The zero-order valence-corrected chi connectivity index (χ0v) is 13.4. The minimum absolute atomic E-state index is 0.307. The van der Waals surface area contributed by atoms with E-state index in [0.717, 1.165) is 0 Å². The summed E-state index contributed by atoms with van der Waals surface area (Å²) < 4.78 is 5.84. The van der Waals surface area contributed by atoms with E-state index in [1.54, 1.807) is 0 Å². The molecule has 0 rings (SSSR count). The van der Waals surface area contributed by atoms with Crippen LogP contribution in [0.5, 0.6) is 0 Å². The van der Waals surface area contributed by atoms with Gasteiger partial charge in [0.1, 0.15) is 5.44 Å². The quantitative estimate of drug-likeness (QED) is 0.372. The van der Waals surface area contributed by atoms with Crippen LogP contribution in [0, 0.1) is 0 Å². The summed E-state index contributed by atoms with van der Waals surface area (Å²) in [7, 11) is 1.84. The highest BCUT2D eigenvalue weighted by Gasteiger charge is 2.18. The van der Waals surface area contributed by atoms with Crippen LogP contribution in [0.1, 0.15) is 79.1 Å². The Kier molecular flexibility index (Phi) is 10.4. The van der Waals surface area contributed by atoms with Gasteiger partial charge in [0.25, 0.3) is 0 Å². The van der Waals surface area contributed by atoms with Gasteiger partial charge in [0, 0.05) is 11.9 Å². The molecule has 104 valence electrons. The molecule has 0 amide bonds. The van der Waals surface area contributed by atoms with Crippen molar-refractivity contribution in [3.05, 3.63) is 0 Å². The lowest BCUT2D eigenvalue weighted by Crippen LogP contribution is -2.17. The van der Waals surface area contributed by atoms with Gasteiger partial charge in [-0.05, 0) is 12.8 Å². The van der Waals surface area contributed by atoms with E-state index in [1.165, 1.54) is 51.4 Å². The molecule has 1 nitrogen and oxygen atoms in total. The van der Waals surface area contributed by atoms with Crippen LogP contribution in [0.25, 0.3) is 0 Å². The predicted octanol–water partition coefficient (Wildman–Crippen LogP) is 5.63. The lowest BCUT2D eigenvalue weighted by atomic mass is 10.1. The smallest absolute Gasteiger partial charge is 0.103 e. The van der Waals surface area contributed by atoms with E-state index < -0.39 is 0 Å². The van der Waals surface area contributed by atoms with Gasteiger partial charge >= 0.3 is 0 Å². The Morgan fingerprint density at radius 3 is 1.94 bits per heavy atom. The zero-order chi connectivity index (χ0) is 13.1. The Hall–Kier alpha value is 0.310. The number of ether oxygens (including phenoxy) is 1. The fourth-order valence-corrected chi connectivity index (χ4v) is 3.06. The van der Waals surface area contributed by atoms with Crippen molar-refractivity contribution in [3.8, 4) is 0 Å². The molecule has 0 saturated carbocycles. The third kappa shape index (κ3) is 12.6. The molecule has 0 aromatic heterocycles. The predicted molar refractivity (Wildman–Crippen MR) is 80.8 cm³/mol. The number of unbranched alkanes of at least 4 members (excludes halogenated alkanes) is 6. The zero-order valence-electron chi connectivity index (χ0n) is 12.6. The molecule has 0 spiro atoms. The highest BCUT2D eigenvalue weighted by Crippen LogP contribution is 2.31. The monoisotopic (exact) mass is 260 g/mol. The Labute approximate surface area is 113 Å². The van der Waals surface area contributed by atoms with E-state index in [0.29, 0.717) is 10.2 Å². The summed E-state index contributed by atoms with van der Waals surface area (Å²) in [5, 5.41) is 0. The number of hydrogen-bond acceptors (Lipinski definition) is 2. The third-order valence-electron chi connectivity index (χ3n) is 2.79. The lowest BCUT2D eigenvalue weighted by molar-refractivity contribution is 0.162. The van der Waals surface area contributed by atoms with Crippen molar-refractivity contribution >= 4 is 11.8 Å². The molecule has 1 atom stereocenters. The van der Waals surface area contributed by atoms with Crippen LogP contribution >= 0.6 is 11.8 Å². The maximum atomic E-state index is 5.53. The maximum Gasteiger partial charge on any atom is 0.103 e. The normalized spacial score (nSPS) is 13.9. The molecule has 0 aromatic carbocycles. The molecule has 2 heteroatoms. The van der Waals surface area contributed by atoms with Gasteiger partial charge in [0.2, 0.25) is 0 Å². The molecule has 1 unspecified atom stereocenters. The van der Waals surface area contributed by atoms with E-state index in [4.69, 9.17) is 4.74 Å². The van der Waals surface area contributed by atoms with Crippen molar-refractivity contribution in [2.45, 2.75) is 89.2 Å². The van der Waals surface area contributed by atoms with Gasteiger partial charge in [0.15, 0.2) is 0 Å². The van der Waals surface area contributed by atoms with Gasteiger partial charge in [-0.1, -0.05) is 66.2 Å². The summed E-state index contributed by atoms with van der Waals surface area (Å²) in [6.07, 6.45) is 10.9. The molecule has 0 saturated heterocycles. The lowest BCUT2D eigenvalue weighted by Gasteiger charge is -2.24. The first kappa shape index (κ1) is 17.3. The Morgan fingerprint density at radius 1 is 0.941 bits per heavy atom. The minimum Gasteiger partial charge on any atom is -0.371 e. The van der Waals surface area contributed by atoms with Crippen LogP contribution in [0.15, 0.2) is 0 Å². The second-order valence-corrected chi connectivity index (χ2v) is 7.79. The molecule has 0 aliphatic heterocycles. The molecular weight excluding hydrogens is 228 g/mol. The molecule has 0 heterocycles. The fourth-order valence-electron chi connectivity index (χ4n) is 1.89. The molecule has 17 heavy (non-hydrogen) atoms. The Morgan fingerprint density at radius 2 is 1.47 bits per heavy atom. The van der Waals surface area contributed by atoms with E-state index in [9.17, 15) is 0 Å². The number of methoxy groups -OCH3 is 1. The maximum absolute atomic E-state index is 5.53. The summed E-state index contributed by atoms with van der Waals surface area (Å²) in [5.74, 6) is 0. The topological polar surface area (TPSA) is 9.23 Å². The molecule has 0 N–H and O–H groups in total. The average Bonchev–Trinajstić information content (AvgIpc) is 2.24. The first-order valence-electron chi connectivity index (χ1n) is 7.20. The second-order valence-electron chi connectivity index (χ2n) is 5.81. The molecule has 0 fully saturated rings. The second kappa shape index (κ2) is 10.3. The van der Waals surface area contributed by atoms with Gasteiger partial charge in [-0.2, -0.15) is 0 Å². The number of hydrogen-bond donors (Lipinski definition) is 0. The fraction of sp³-hybridized carbons (Fsp3) is 1.00. The summed E-state index contributed by atoms with van der Waals surface area (Å²) in [5.41, 5.74) is 0.380. The van der Waals surface area contributed by atoms with Crippen molar-refractivity contribution in [3.63, 3.8) is 0 Å². The van der Waals surface area contributed by atoms with Gasteiger partial charge in [-0.3, -0.25) is 0 Å². The van der Waals surface area contributed by atoms with Crippen LogP contribution in [0.2, 0.25) is 0 Å². The SMILES string of the molecule is CCCCCCCCCC(OC)SC(C)(C)C. The average molecular weight is 260 g/mol. The number of rotatable bonds is 10. The van der Waals surface area contributed by atoms with E-state index in [-0.39, 0.29) is 0 Å². The van der Waals surface area contributed by atoms with Crippen LogP contribution in [-0.2, 0) is 4.74 Å². The van der Waals surface area contributed by atoms with Crippen LogP contribution in [0.4, 0.5) is 0 Å². The van der Waals surface area contributed by atoms with E-state index in [1.807, 2.05) is 18.9 Å². The standard InChI is InChI=1S/C15H32OS/c1-6-7-8-9-10-11-12-13-14(16-5)17-15(2,3)4/h14H,6-13H2,1-5H3. The molecule has 0 aromatic rings. The highest BCUT2D eigenvalue weighted by molar-refractivity contribution is 8.01. The van der Waals surface area contributed by atoms with Crippen molar-refractivity contribution in [1.29, 1.82) is 0 Å². The van der Waals surface area contributed by atoms with Gasteiger partial charge in [-0.25, -0.2) is 0 Å². The summed E-state index contributed by atoms with van der Waals surface area (Å²) in [4.78, 5) is 0.